The van der Waals surface area contributed by atoms with Crippen LogP contribution in [-0.2, 0) is 4.79 Å². The second kappa shape index (κ2) is 8.30. The third-order valence-electron chi connectivity index (χ3n) is 4.57. The van der Waals surface area contributed by atoms with E-state index < -0.39 is 0 Å². The highest BCUT2D eigenvalue weighted by Crippen LogP contribution is 2.24. The Morgan fingerprint density at radius 3 is 2.00 bits per heavy atom. The van der Waals surface area contributed by atoms with E-state index in [4.69, 9.17) is 0 Å². The first-order chi connectivity index (χ1) is 11.8. The van der Waals surface area contributed by atoms with Crippen LogP contribution in [-0.4, -0.2) is 11.9 Å². The average molecular weight is 338 g/mol. The first kappa shape index (κ1) is 19.2. The first-order valence-corrected chi connectivity index (χ1v) is 8.99. The fourth-order valence-corrected chi connectivity index (χ4v) is 3.29. The van der Waals surface area contributed by atoms with Gasteiger partial charge >= 0.3 is 0 Å². The second-order valence-electron chi connectivity index (χ2n) is 7.28. The summed E-state index contributed by atoms with van der Waals surface area (Å²) in [6, 6.07) is 14.4. The fraction of sp³-hybridized carbons (Fsp3) is 0.409. The van der Waals surface area contributed by atoms with Crippen molar-refractivity contribution in [3.05, 3.63) is 64.7 Å². The molecule has 0 aliphatic carbocycles. The van der Waals surface area contributed by atoms with Crippen molar-refractivity contribution in [3.8, 4) is 0 Å². The molecule has 0 aromatic heterocycles. The highest BCUT2D eigenvalue weighted by molar-refractivity contribution is 5.96. The molecule has 0 heterocycles. The van der Waals surface area contributed by atoms with Crippen LogP contribution in [0.4, 0.5) is 5.69 Å². The van der Waals surface area contributed by atoms with Gasteiger partial charge in [-0.2, -0.15) is 0 Å². The molecule has 0 aliphatic heterocycles. The summed E-state index contributed by atoms with van der Waals surface area (Å²) in [7, 11) is 0. The van der Waals surface area contributed by atoms with E-state index in [9.17, 15) is 4.79 Å². The van der Waals surface area contributed by atoms with Gasteiger partial charge in [0.05, 0.1) is 6.04 Å². The molecule has 25 heavy (non-hydrogen) atoms. The monoisotopic (exact) mass is 338 g/mol. The summed E-state index contributed by atoms with van der Waals surface area (Å²) >= 11 is 0. The standard InChI is InChI=1S/C22H30N2O/c1-14(2)20(19-10-8-7-9-11-19)23-18(6)22(25)24-21-16(4)12-15(3)13-17(21)5/h7-14,18,20,23H,1-6H3,(H,24,25)/t18-,20+/m1/s1. The highest BCUT2D eigenvalue weighted by Gasteiger charge is 2.22. The van der Waals surface area contributed by atoms with Crippen LogP contribution in [0.25, 0.3) is 0 Å². The number of rotatable bonds is 6. The summed E-state index contributed by atoms with van der Waals surface area (Å²) in [5.74, 6) is 0.386. The molecule has 3 heteroatoms. The van der Waals surface area contributed by atoms with E-state index in [-0.39, 0.29) is 18.0 Å². The molecule has 0 aliphatic rings. The van der Waals surface area contributed by atoms with Crippen molar-refractivity contribution in [1.82, 2.24) is 5.32 Å². The van der Waals surface area contributed by atoms with Crippen LogP contribution in [0.1, 0.15) is 49.1 Å². The van der Waals surface area contributed by atoms with Gasteiger partial charge in [-0.05, 0) is 50.3 Å². The molecule has 2 aromatic rings. The summed E-state index contributed by atoms with van der Waals surface area (Å²) in [4.78, 5) is 12.7. The zero-order chi connectivity index (χ0) is 18.6. The van der Waals surface area contributed by atoms with Gasteiger partial charge < -0.3 is 5.32 Å². The lowest BCUT2D eigenvalue weighted by Crippen LogP contribution is -2.42. The number of nitrogens with one attached hydrogen (secondary N) is 2. The molecular formula is C22H30N2O. The van der Waals surface area contributed by atoms with Crippen LogP contribution < -0.4 is 10.6 Å². The minimum absolute atomic E-state index is 0.00312. The number of benzene rings is 2. The van der Waals surface area contributed by atoms with Gasteiger partial charge in [0.25, 0.3) is 0 Å². The Bertz CT molecular complexity index is 699. The van der Waals surface area contributed by atoms with Crippen LogP contribution in [0.3, 0.4) is 0 Å². The van der Waals surface area contributed by atoms with Gasteiger partial charge in [0.1, 0.15) is 0 Å². The number of aryl methyl sites for hydroxylation is 3. The molecule has 2 N–H and O–H groups in total. The van der Waals surface area contributed by atoms with Gasteiger partial charge in [0, 0.05) is 11.7 Å². The molecule has 2 aromatic carbocycles. The van der Waals surface area contributed by atoms with Gasteiger partial charge in [0.15, 0.2) is 0 Å². The minimum atomic E-state index is -0.285. The van der Waals surface area contributed by atoms with Crippen molar-refractivity contribution in [2.75, 3.05) is 5.32 Å². The highest BCUT2D eigenvalue weighted by atomic mass is 16.2. The number of anilines is 1. The third-order valence-corrected chi connectivity index (χ3v) is 4.57. The topological polar surface area (TPSA) is 41.1 Å². The van der Waals surface area contributed by atoms with E-state index in [2.05, 4.69) is 55.7 Å². The molecule has 0 fully saturated rings. The molecule has 1 amide bonds. The van der Waals surface area contributed by atoms with Gasteiger partial charge in [0.2, 0.25) is 5.91 Å². The summed E-state index contributed by atoms with van der Waals surface area (Å²) in [5, 5.41) is 6.59. The van der Waals surface area contributed by atoms with Crippen LogP contribution in [0.15, 0.2) is 42.5 Å². The number of hydrogen-bond acceptors (Lipinski definition) is 2. The van der Waals surface area contributed by atoms with Gasteiger partial charge in [-0.1, -0.05) is 61.9 Å². The maximum atomic E-state index is 12.7. The molecule has 3 nitrogen and oxygen atoms in total. The van der Waals surface area contributed by atoms with Crippen molar-refractivity contribution >= 4 is 11.6 Å². The molecular weight excluding hydrogens is 308 g/mol. The van der Waals surface area contributed by atoms with Crippen LogP contribution in [0.5, 0.6) is 0 Å². The molecule has 0 saturated carbocycles. The van der Waals surface area contributed by atoms with Crippen molar-refractivity contribution in [2.45, 2.75) is 53.6 Å². The fourth-order valence-electron chi connectivity index (χ4n) is 3.29. The van der Waals surface area contributed by atoms with Crippen molar-refractivity contribution in [2.24, 2.45) is 5.92 Å². The maximum Gasteiger partial charge on any atom is 0.241 e. The molecule has 134 valence electrons. The zero-order valence-corrected chi connectivity index (χ0v) is 16.2. The predicted molar refractivity (Wildman–Crippen MR) is 106 cm³/mol. The molecule has 0 spiro atoms. The molecule has 0 radical (unpaired) electrons. The number of amides is 1. The Morgan fingerprint density at radius 1 is 0.920 bits per heavy atom. The minimum Gasteiger partial charge on any atom is -0.324 e. The Kier molecular flexibility index (Phi) is 6.38. The van der Waals surface area contributed by atoms with E-state index in [1.165, 1.54) is 11.1 Å². The average Bonchev–Trinajstić information content (AvgIpc) is 2.55. The molecule has 0 bridgehead atoms. The van der Waals surface area contributed by atoms with Gasteiger partial charge in [-0.15, -0.1) is 0 Å². The molecule has 0 saturated heterocycles. The smallest absolute Gasteiger partial charge is 0.241 e. The van der Waals surface area contributed by atoms with Crippen LogP contribution in [0.2, 0.25) is 0 Å². The van der Waals surface area contributed by atoms with Crippen LogP contribution in [0, 0.1) is 26.7 Å². The number of carbonyl (C=O) groups excluding carboxylic acids is 1. The lowest BCUT2D eigenvalue weighted by Gasteiger charge is -2.27. The summed E-state index contributed by atoms with van der Waals surface area (Å²) in [5.41, 5.74) is 5.54. The van der Waals surface area contributed by atoms with Gasteiger partial charge in [-0.3, -0.25) is 10.1 Å². The van der Waals surface area contributed by atoms with E-state index in [0.29, 0.717) is 5.92 Å². The molecule has 0 unspecified atom stereocenters. The normalized spacial score (nSPS) is 13.6. The molecule has 2 rings (SSSR count). The lowest BCUT2D eigenvalue weighted by atomic mass is 9.95. The van der Waals surface area contributed by atoms with Crippen molar-refractivity contribution in [1.29, 1.82) is 0 Å². The number of hydrogen-bond donors (Lipinski definition) is 2. The maximum absolute atomic E-state index is 12.7. The van der Waals surface area contributed by atoms with E-state index in [1.807, 2.05) is 39.0 Å². The molecule has 2 atom stereocenters. The SMILES string of the molecule is Cc1cc(C)c(NC(=O)[C@@H](C)N[C@H](c2ccccc2)C(C)C)c(C)c1. The van der Waals surface area contributed by atoms with Crippen molar-refractivity contribution in [3.63, 3.8) is 0 Å². The summed E-state index contributed by atoms with van der Waals surface area (Å²) in [6.45, 7) is 12.4. The quantitative estimate of drug-likeness (QED) is 0.784. The largest absolute Gasteiger partial charge is 0.324 e. The Balaban J connectivity index is 2.12. The van der Waals surface area contributed by atoms with Gasteiger partial charge in [-0.25, -0.2) is 0 Å². The predicted octanol–water partition coefficient (Wildman–Crippen LogP) is 4.93. The van der Waals surface area contributed by atoms with Crippen LogP contribution >= 0.6 is 0 Å². The Hall–Kier alpha value is -2.13. The second-order valence-corrected chi connectivity index (χ2v) is 7.28. The Labute approximate surface area is 151 Å². The lowest BCUT2D eigenvalue weighted by molar-refractivity contribution is -0.118. The summed E-state index contributed by atoms with van der Waals surface area (Å²) in [6.07, 6.45) is 0. The van der Waals surface area contributed by atoms with E-state index >= 15 is 0 Å². The first-order valence-electron chi connectivity index (χ1n) is 8.99. The Morgan fingerprint density at radius 2 is 1.48 bits per heavy atom. The third kappa shape index (κ3) is 4.93. The number of carbonyl (C=O) groups is 1. The van der Waals surface area contributed by atoms with E-state index in [1.54, 1.807) is 0 Å². The van der Waals surface area contributed by atoms with Crippen molar-refractivity contribution < 1.29 is 4.79 Å². The van der Waals surface area contributed by atoms with E-state index in [0.717, 1.165) is 16.8 Å². The zero-order valence-electron chi connectivity index (χ0n) is 16.2. The summed E-state index contributed by atoms with van der Waals surface area (Å²) < 4.78 is 0.